The molecule has 0 saturated carbocycles. The third-order valence-electron chi connectivity index (χ3n) is 5.40. The van der Waals surface area contributed by atoms with Crippen molar-refractivity contribution in [1.82, 2.24) is 0 Å². The van der Waals surface area contributed by atoms with Gasteiger partial charge in [0.15, 0.2) is 6.61 Å². The van der Waals surface area contributed by atoms with Crippen molar-refractivity contribution in [3.8, 4) is 5.75 Å². The van der Waals surface area contributed by atoms with Crippen LogP contribution in [0.2, 0.25) is 0 Å². The van der Waals surface area contributed by atoms with Crippen LogP contribution >= 0.6 is 0 Å². The highest BCUT2D eigenvalue weighted by atomic mass is 16.5. The molecule has 0 aliphatic carbocycles. The number of hydrogen-bond donors (Lipinski definition) is 1. The van der Waals surface area contributed by atoms with Crippen molar-refractivity contribution >= 4 is 35.1 Å². The van der Waals surface area contributed by atoms with Crippen molar-refractivity contribution in [2.24, 2.45) is 5.92 Å². The molecule has 2 aromatic rings. The highest BCUT2D eigenvalue weighted by Gasteiger charge is 2.36. The van der Waals surface area contributed by atoms with Crippen molar-refractivity contribution in [2.75, 3.05) is 36.6 Å². The number of nitrogens with zero attached hydrogens (tertiary/aromatic N) is 1. The molecule has 0 bridgehead atoms. The third kappa shape index (κ3) is 7.30. The minimum atomic E-state index is -0.653. The molecule has 1 atom stereocenters. The average Bonchev–Trinajstić information content (AvgIpc) is 3.25. The largest absolute Gasteiger partial charge is 0.494 e. The Morgan fingerprint density at radius 3 is 2.37 bits per heavy atom. The summed E-state index contributed by atoms with van der Waals surface area (Å²) in [5.41, 5.74) is 1.51. The van der Waals surface area contributed by atoms with Crippen LogP contribution in [-0.2, 0) is 23.9 Å². The number of rotatable bonds is 11. The minimum Gasteiger partial charge on any atom is -0.494 e. The topological polar surface area (TPSA) is 111 Å². The molecule has 2 aromatic carbocycles. The summed E-state index contributed by atoms with van der Waals surface area (Å²) in [6.07, 6.45) is 1.75. The maximum absolute atomic E-state index is 12.4. The summed E-state index contributed by atoms with van der Waals surface area (Å²) in [6.45, 7) is 4.51. The van der Waals surface area contributed by atoms with Crippen LogP contribution < -0.4 is 15.0 Å². The quantitative estimate of drug-likeness (QED) is 0.385. The molecule has 1 N–H and O–H groups in total. The lowest BCUT2D eigenvalue weighted by atomic mass is 10.1. The Kier molecular flexibility index (Phi) is 9.23. The fraction of sp³-hybridized carbons (Fsp3) is 0.385. The van der Waals surface area contributed by atoms with Crippen molar-refractivity contribution in [1.29, 1.82) is 0 Å². The van der Waals surface area contributed by atoms with Crippen molar-refractivity contribution < 1.29 is 33.4 Å². The summed E-state index contributed by atoms with van der Waals surface area (Å²) in [5, 5.41) is 2.61. The van der Waals surface area contributed by atoms with Crippen LogP contribution in [0.15, 0.2) is 48.5 Å². The van der Waals surface area contributed by atoms with Gasteiger partial charge in [-0.05, 0) is 61.9 Å². The summed E-state index contributed by atoms with van der Waals surface area (Å²) in [4.78, 5) is 50.5. The molecule has 9 nitrogen and oxygen atoms in total. The number of amides is 2. The van der Waals surface area contributed by atoms with Crippen LogP contribution in [-0.4, -0.2) is 50.1 Å². The molecular weight excluding hydrogens is 452 g/mol. The van der Waals surface area contributed by atoms with E-state index in [1.165, 1.54) is 4.90 Å². The van der Waals surface area contributed by atoms with Crippen LogP contribution in [0.25, 0.3) is 0 Å². The number of anilines is 2. The SMILES string of the molecule is CCCCOC(=O)c1ccc(NC(=O)COC(=O)[C@H]2CC(=O)N(c3ccc(OCC)cc3)C2)cc1. The lowest BCUT2D eigenvalue weighted by Gasteiger charge is -2.17. The number of nitrogens with one attached hydrogen (secondary N) is 1. The second-order valence-electron chi connectivity index (χ2n) is 8.06. The molecule has 1 heterocycles. The standard InChI is InChI=1S/C26H30N2O7/c1-3-5-14-34-25(31)18-6-8-20(9-7-18)27-23(29)17-35-26(32)19-15-24(30)28(16-19)21-10-12-22(13-11-21)33-4-2/h6-13,19H,3-5,14-17H2,1-2H3,(H,27,29)/t19-/m0/s1. The molecular formula is C26H30N2O7. The van der Waals surface area contributed by atoms with E-state index in [1.54, 1.807) is 48.5 Å². The van der Waals surface area contributed by atoms with E-state index < -0.39 is 30.4 Å². The minimum absolute atomic E-state index is 0.0173. The normalized spacial score (nSPS) is 15.0. The Balaban J connectivity index is 1.45. The molecule has 1 fully saturated rings. The van der Waals surface area contributed by atoms with Gasteiger partial charge in [0.05, 0.1) is 24.7 Å². The van der Waals surface area contributed by atoms with E-state index in [0.29, 0.717) is 35.9 Å². The van der Waals surface area contributed by atoms with E-state index in [0.717, 1.165) is 12.8 Å². The molecule has 3 rings (SSSR count). The zero-order valence-electron chi connectivity index (χ0n) is 20.0. The van der Waals surface area contributed by atoms with Crippen LogP contribution in [0.1, 0.15) is 43.5 Å². The lowest BCUT2D eigenvalue weighted by molar-refractivity contribution is -0.151. The van der Waals surface area contributed by atoms with Gasteiger partial charge in [0, 0.05) is 24.3 Å². The maximum atomic E-state index is 12.4. The number of esters is 2. The van der Waals surface area contributed by atoms with Gasteiger partial charge in [0.1, 0.15) is 5.75 Å². The summed E-state index contributed by atoms with van der Waals surface area (Å²) in [7, 11) is 0. The molecule has 0 spiro atoms. The van der Waals surface area contributed by atoms with E-state index in [-0.39, 0.29) is 18.9 Å². The molecule has 0 radical (unpaired) electrons. The maximum Gasteiger partial charge on any atom is 0.338 e. The van der Waals surface area contributed by atoms with Crippen molar-refractivity contribution in [3.05, 3.63) is 54.1 Å². The zero-order chi connectivity index (χ0) is 25.2. The lowest BCUT2D eigenvalue weighted by Crippen LogP contribution is -2.28. The Morgan fingerprint density at radius 2 is 1.71 bits per heavy atom. The molecule has 0 unspecified atom stereocenters. The number of hydrogen-bond acceptors (Lipinski definition) is 7. The number of benzene rings is 2. The molecule has 1 saturated heterocycles. The molecule has 186 valence electrons. The predicted molar refractivity (Wildman–Crippen MR) is 129 cm³/mol. The van der Waals surface area contributed by atoms with E-state index in [4.69, 9.17) is 14.2 Å². The van der Waals surface area contributed by atoms with Crippen LogP contribution in [0.5, 0.6) is 5.75 Å². The second kappa shape index (κ2) is 12.5. The van der Waals surface area contributed by atoms with E-state index in [1.807, 2.05) is 13.8 Å². The van der Waals surface area contributed by atoms with E-state index >= 15 is 0 Å². The first-order valence-corrected chi connectivity index (χ1v) is 11.7. The summed E-state index contributed by atoms with van der Waals surface area (Å²) in [5.74, 6) is -1.69. The molecule has 35 heavy (non-hydrogen) atoms. The Hall–Kier alpha value is -3.88. The smallest absolute Gasteiger partial charge is 0.338 e. The number of carbonyl (C=O) groups excluding carboxylic acids is 4. The first kappa shape index (κ1) is 25.7. The highest BCUT2D eigenvalue weighted by molar-refractivity contribution is 6.00. The fourth-order valence-electron chi connectivity index (χ4n) is 3.54. The van der Waals surface area contributed by atoms with Gasteiger partial charge >= 0.3 is 11.9 Å². The van der Waals surface area contributed by atoms with Crippen LogP contribution in [0, 0.1) is 5.92 Å². The van der Waals surface area contributed by atoms with E-state index in [2.05, 4.69) is 5.32 Å². The molecule has 2 amide bonds. The number of unbranched alkanes of at least 4 members (excludes halogenated alkanes) is 1. The first-order valence-electron chi connectivity index (χ1n) is 11.7. The van der Waals surface area contributed by atoms with Crippen LogP contribution in [0.3, 0.4) is 0 Å². The summed E-state index contributed by atoms with van der Waals surface area (Å²) >= 11 is 0. The van der Waals surface area contributed by atoms with Gasteiger partial charge in [-0.25, -0.2) is 4.79 Å². The van der Waals surface area contributed by atoms with Gasteiger partial charge in [0.2, 0.25) is 5.91 Å². The zero-order valence-corrected chi connectivity index (χ0v) is 20.0. The predicted octanol–water partition coefficient (Wildman–Crippen LogP) is 3.58. The molecule has 9 heteroatoms. The number of ether oxygens (including phenoxy) is 3. The average molecular weight is 483 g/mol. The Morgan fingerprint density at radius 1 is 1.00 bits per heavy atom. The summed E-state index contributed by atoms with van der Waals surface area (Å²) < 4.78 is 15.7. The Labute approximate surface area is 204 Å². The fourth-order valence-corrected chi connectivity index (χ4v) is 3.54. The van der Waals surface area contributed by atoms with Crippen LogP contribution in [0.4, 0.5) is 11.4 Å². The third-order valence-corrected chi connectivity index (χ3v) is 5.40. The highest BCUT2D eigenvalue weighted by Crippen LogP contribution is 2.27. The monoisotopic (exact) mass is 482 g/mol. The van der Waals surface area contributed by atoms with Gasteiger partial charge < -0.3 is 24.4 Å². The van der Waals surface area contributed by atoms with E-state index in [9.17, 15) is 19.2 Å². The molecule has 1 aliphatic rings. The number of carbonyl (C=O) groups is 4. The van der Waals surface area contributed by atoms with Crippen molar-refractivity contribution in [3.63, 3.8) is 0 Å². The Bertz CT molecular complexity index is 1030. The molecule has 1 aliphatic heterocycles. The van der Waals surface area contributed by atoms with Gasteiger partial charge in [0.25, 0.3) is 5.91 Å². The second-order valence-corrected chi connectivity index (χ2v) is 8.06. The van der Waals surface area contributed by atoms with Gasteiger partial charge in [-0.1, -0.05) is 13.3 Å². The van der Waals surface area contributed by atoms with Gasteiger partial charge in [-0.2, -0.15) is 0 Å². The van der Waals surface area contributed by atoms with Gasteiger partial charge in [-0.3, -0.25) is 14.4 Å². The summed E-state index contributed by atoms with van der Waals surface area (Å²) in [6, 6.07) is 13.3. The molecule has 0 aromatic heterocycles. The van der Waals surface area contributed by atoms with Gasteiger partial charge in [-0.15, -0.1) is 0 Å². The van der Waals surface area contributed by atoms with Crippen molar-refractivity contribution in [2.45, 2.75) is 33.1 Å². The first-order chi connectivity index (χ1) is 16.9.